The van der Waals surface area contributed by atoms with E-state index in [9.17, 15) is 4.39 Å². The third-order valence-electron chi connectivity index (χ3n) is 4.41. The van der Waals surface area contributed by atoms with E-state index in [2.05, 4.69) is 49.2 Å². The average molecular weight is 382 g/mol. The Hall–Kier alpha value is -2.67. The van der Waals surface area contributed by atoms with Crippen LogP contribution in [0.4, 0.5) is 4.39 Å². The molecule has 0 saturated heterocycles. The van der Waals surface area contributed by atoms with Crippen molar-refractivity contribution >= 4 is 17.5 Å². The van der Waals surface area contributed by atoms with Crippen LogP contribution in [0.1, 0.15) is 29.4 Å². The first-order chi connectivity index (χ1) is 13.0. The number of nitrogens with zero attached hydrogens (tertiary/aromatic N) is 4. The summed E-state index contributed by atoms with van der Waals surface area (Å²) in [6, 6.07) is 12.7. The Morgan fingerprint density at radius 2 is 1.96 bits per heavy atom. The molecule has 0 amide bonds. The number of aryl methyl sites for hydroxylation is 2. The van der Waals surface area contributed by atoms with Gasteiger partial charge in [-0.1, -0.05) is 41.6 Å². The monoisotopic (exact) mass is 382 g/mol. The zero-order chi connectivity index (χ0) is 19.0. The molecule has 5 nitrogen and oxygen atoms in total. The molecule has 0 N–H and O–H groups in total. The van der Waals surface area contributed by atoms with Crippen molar-refractivity contribution in [2.24, 2.45) is 5.10 Å². The molecule has 1 aromatic heterocycles. The van der Waals surface area contributed by atoms with Crippen molar-refractivity contribution in [1.82, 2.24) is 14.9 Å². The van der Waals surface area contributed by atoms with E-state index in [0.717, 1.165) is 11.3 Å². The van der Waals surface area contributed by atoms with E-state index in [4.69, 9.17) is 9.84 Å². The molecule has 4 rings (SSSR count). The molecule has 7 heteroatoms. The Morgan fingerprint density at radius 3 is 2.78 bits per heavy atom. The number of ether oxygens (including phenoxy) is 1. The van der Waals surface area contributed by atoms with E-state index in [1.165, 1.54) is 17.2 Å². The van der Waals surface area contributed by atoms with Crippen molar-refractivity contribution in [1.29, 1.82) is 0 Å². The second kappa shape index (κ2) is 7.15. The number of rotatable bonds is 4. The minimum absolute atomic E-state index is 0.0897. The molecule has 2 heterocycles. The molecule has 3 aromatic rings. The van der Waals surface area contributed by atoms with Gasteiger partial charge in [-0.25, -0.2) is 4.39 Å². The molecule has 1 aliphatic rings. The summed E-state index contributed by atoms with van der Waals surface area (Å²) in [7, 11) is 0. The molecule has 1 atom stereocenters. The van der Waals surface area contributed by atoms with Gasteiger partial charge in [0.05, 0.1) is 11.0 Å². The SMILES string of the molecule is Cc1ccc(C)c(C2=Nn3c(COc4ccccc4F)nnc3S[C@@H]2C)c1. The lowest BCUT2D eigenvalue weighted by Gasteiger charge is -2.21. The molecule has 27 heavy (non-hydrogen) atoms. The van der Waals surface area contributed by atoms with Gasteiger partial charge in [0.2, 0.25) is 5.16 Å². The van der Waals surface area contributed by atoms with Gasteiger partial charge in [-0.15, -0.1) is 10.2 Å². The minimum atomic E-state index is -0.404. The van der Waals surface area contributed by atoms with Gasteiger partial charge >= 0.3 is 0 Å². The Bertz CT molecular complexity index is 1030. The van der Waals surface area contributed by atoms with Crippen LogP contribution in [0, 0.1) is 19.7 Å². The lowest BCUT2D eigenvalue weighted by Crippen LogP contribution is -2.23. The molecule has 0 bridgehead atoms. The molecule has 138 valence electrons. The van der Waals surface area contributed by atoms with Crippen molar-refractivity contribution in [2.75, 3.05) is 0 Å². The Balaban J connectivity index is 1.67. The fourth-order valence-electron chi connectivity index (χ4n) is 2.95. The fraction of sp³-hybridized carbons (Fsp3) is 0.250. The van der Waals surface area contributed by atoms with Gasteiger partial charge in [0, 0.05) is 5.56 Å². The summed E-state index contributed by atoms with van der Waals surface area (Å²) < 4.78 is 21.1. The number of para-hydroxylation sites is 1. The Morgan fingerprint density at radius 1 is 1.15 bits per heavy atom. The molecule has 0 spiro atoms. The quantitative estimate of drug-likeness (QED) is 0.673. The van der Waals surface area contributed by atoms with E-state index in [1.807, 2.05) is 0 Å². The summed E-state index contributed by atoms with van der Waals surface area (Å²) in [5.74, 6) is 0.319. The standard InChI is InChI=1S/C20H19FN4OS/c1-12-8-9-13(2)15(10-12)19-14(3)27-20-23-22-18(25(20)24-19)11-26-17-7-5-4-6-16(17)21/h4-10,14H,11H2,1-3H3/t14-/m1/s1. The molecule has 0 unspecified atom stereocenters. The fourth-order valence-corrected chi connectivity index (χ4v) is 3.89. The largest absolute Gasteiger partial charge is 0.482 e. The number of benzene rings is 2. The maximum atomic E-state index is 13.8. The van der Waals surface area contributed by atoms with E-state index in [0.29, 0.717) is 11.0 Å². The summed E-state index contributed by atoms with van der Waals surface area (Å²) in [6.45, 7) is 6.35. The van der Waals surface area contributed by atoms with Crippen molar-refractivity contribution in [3.63, 3.8) is 0 Å². The van der Waals surface area contributed by atoms with Crippen LogP contribution in [0.25, 0.3) is 0 Å². The van der Waals surface area contributed by atoms with Gasteiger partial charge in [0.15, 0.2) is 17.4 Å². The second-order valence-electron chi connectivity index (χ2n) is 6.49. The number of thioether (sulfide) groups is 1. The van der Waals surface area contributed by atoms with Gasteiger partial charge in [-0.3, -0.25) is 0 Å². The molecule has 0 radical (unpaired) electrons. The summed E-state index contributed by atoms with van der Waals surface area (Å²) in [6.07, 6.45) is 0. The first-order valence-electron chi connectivity index (χ1n) is 8.67. The van der Waals surface area contributed by atoms with Gasteiger partial charge in [-0.2, -0.15) is 9.78 Å². The van der Waals surface area contributed by atoms with Crippen LogP contribution in [-0.2, 0) is 6.61 Å². The van der Waals surface area contributed by atoms with E-state index < -0.39 is 5.82 Å². The highest BCUT2D eigenvalue weighted by Crippen LogP contribution is 2.31. The van der Waals surface area contributed by atoms with Crippen LogP contribution in [0.2, 0.25) is 0 Å². The number of hydrogen-bond acceptors (Lipinski definition) is 5. The lowest BCUT2D eigenvalue weighted by atomic mass is 10.00. The lowest BCUT2D eigenvalue weighted by molar-refractivity contribution is 0.275. The highest BCUT2D eigenvalue weighted by molar-refractivity contribution is 8.00. The third-order valence-corrected chi connectivity index (χ3v) is 5.46. The number of fused-ring (bicyclic) bond motifs is 1. The van der Waals surface area contributed by atoms with Crippen LogP contribution >= 0.6 is 11.8 Å². The molecule has 1 aliphatic heterocycles. The maximum Gasteiger partial charge on any atom is 0.212 e. The number of hydrogen-bond donors (Lipinski definition) is 0. The summed E-state index contributed by atoms with van der Waals surface area (Å²) in [5, 5.41) is 14.1. The predicted molar refractivity (Wildman–Crippen MR) is 104 cm³/mol. The summed E-state index contributed by atoms with van der Waals surface area (Å²) in [5.41, 5.74) is 4.46. The van der Waals surface area contributed by atoms with Gasteiger partial charge in [-0.05, 0) is 44.5 Å². The number of aromatic nitrogens is 3. The highest BCUT2D eigenvalue weighted by atomic mass is 32.2. The van der Waals surface area contributed by atoms with E-state index in [-0.39, 0.29) is 17.6 Å². The van der Waals surface area contributed by atoms with E-state index in [1.54, 1.807) is 34.6 Å². The zero-order valence-electron chi connectivity index (χ0n) is 15.3. The van der Waals surface area contributed by atoms with Crippen LogP contribution in [0.3, 0.4) is 0 Å². The van der Waals surface area contributed by atoms with Crippen LogP contribution < -0.4 is 4.74 Å². The van der Waals surface area contributed by atoms with Gasteiger partial charge in [0.25, 0.3) is 0 Å². The first kappa shape index (κ1) is 17.7. The first-order valence-corrected chi connectivity index (χ1v) is 9.55. The molecular weight excluding hydrogens is 363 g/mol. The maximum absolute atomic E-state index is 13.8. The smallest absolute Gasteiger partial charge is 0.212 e. The normalized spacial score (nSPS) is 16.0. The van der Waals surface area contributed by atoms with Crippen LogP contribution in [0.5, 0.6) is 5.75 Å². The molecular formula is C20H19FN4OS. The molecule has 2 aromatic carbocycles. The molecule has 0 aliphatic carbocycles. The van der Waals surface area contributed by atoms with Crippen molar-refractivity contribution in [3.05, 3.63) is 70.8 Å². The van der Waals surface area contributed by atoms with Crippen molar-refractivity contribution in [3.8, 4) is 5.75 Å². The summed E-state index contributed by atoms with van der Waals surface area (Å²) >= 11 is 1.60. The Kier molecular flexibility index (Phi) is 4.70. The predicted octanol–water partition coefficient (Wildman–Crippen LogP) is 4.36. The topological polar surface area (TPSA) is 52.3 Å². The van der Waals surface area contributed by atoms with Crippen molar-refractivity contribution in [2.45, 2.75) is 37.8 Å². The second-order valence-corrected chi connectivity index (χ2v) is 7.80. The van der Waals surface area contributed by atoms with Crippen LogP contribution in [-0.4, -0.2) is 25.8 Å². The average Bonchev–Trinajstić information content (AvgIpc) is 3.04. The van der Waals surface area contributed by atoms with Crippen molar-refractivity contribution < 1.29 is 9.13 Å². The molecule has 0 fully saturated rings. The zero-order valence-corrected chi connectivity index (χ0v) is 16.1. The number of halogens is 1. The van der Waals surface area contributed by atoms with Gasteiger partial charge < -0.3 is 4.74 Å². The third kappa shape index (κ3) is 3.47. The van der Waals surface area contributed by atoms with Crippen LogP contribution in [0.15, 0.2) is 52.7 Å². The van der Waals surface area contributed by atoms with Gasteiger partial charge in [0.1, 0.15) is 6.61 Å². The minimum Gasteiger partial charge on any atom is -0.482 e. The molecule has 0 saturated carbocycles. The van der Waals surface area contributed by atoms with E-state index >= 15 is 0 Å². The highest BCUT2D eigenvalue weighted by Gasteiger charge is 2.26. The Labute approximate surface area is 161 Å². The summed E-state index contributed by atoms with van der Waals surface area (Å²) in [4.78, 5) is 0.